The Morgan fingerprint density at radius 1 is 1.11 bits per heavy atom. The molecule has 3 rings (SSSR count). The Bertz CT molecular complexity index is 1000. The summed E-state index contributed by atoms with van der Waals surface area (Å²) in [6.07, 6.45) is 0. The average molecular weight is 468 g/mol. The van der Waals surface area contributed by atoms with Gasteiger partial charge in [-0.15, -0.1) is 10.2 Å². The van der Waals surface area contributed by atoms with Gasteiger partial charge in [-0.05, 0) is 43.7 Å². The van der Waals surface area contributed by atoms with Crippen LogP contribution in [0.25, 0.3) is 0 Å². The summed E-state index contributed by atoms with van der Waals surface area (Å²) in [7, 11) is -3.66. The van der Waals surface area contributed by atoms with Gasteiger partial charge in [0.05, 0.1) is 10.9 Å². The third-order valence-corrected chi connectivity index (χ3v) is 6.71. The lowest BCUT2D eigenvalue weighted by Gasteiger charge is -2.10. The van der Waals surface area contributed by atoms with Crippen molar-refractivity contribution in [3.05, 3.63) is 70.0 Å². The van der Waals surface area contributed by atoms with Crippen LogP contribution in [0.4, 0.5) is 0 Å². The number of sulfonamides is 1. The van der Waals surface area contributed by atoms with Crippen LogP contribution in [0.2, 0.25) is 0 Å². The molecule has 0 bridgehead atoms. The maximum Gasteiger partial charge on any atom is 0.276 e. The van der Waals surface area contributed by atoms with Gasteiger partial charge < -0.3 is 4.42 Å². The zero-order valence-corrected chi connectivity index (χ0v) is 17.9. The van der Waals surface area contributed by atoms with E-state index in [1.54, 1.807) is 31.2 Å². The molecule has 1 N–H and O–H groups in total. The smallest absolute Gasteiger partial charge is 0.276 e. The number of hydrogen-bond donors (Lipinski definition) is 1. The van der Waals surface area contributed by atoms with E-state index in [1.165, 1.54) is 11.8 Å². The lowest BCUT2D eigenvalue weighted by molar-refractivity contribution is 0.384. The topological polar surface area (TPSA) is 85.1 Å². The summed E-state index contributed by atoms with van der Waals surface area (Å²) < 4.78 is 34.1. The number of aryl methyl sites for hydroxylation is 1. The Kier molecular flexibility index (Phi) is 6.36. The van der Waals surface area contributed by atoms with Crippen LogP contribution in [-0.2, 0) is 15.8 Å². The van der Waals surface area contributed by atoms with Crippen molar-refractivity contribution < 1.29 is 12.8 Å². The van der Waals surface area contributed by atoms with Gasteiger partial charge in [-0.25, -0.2) is 8.42 Å². The summed E-state index contributed by atoms with van der Waals surface area (Å²) in [5.41, 5.74) is 2.11. The number of halogens is 1. The molecule has 0 aliphatic heterocycles. The lowest BCUT2D eigenvalue weighted by atomic mass is 10.2. The molecule has 2 aromatic carbocycles. The van der Waals surface area contributed by atoms with E-state index in [-0.39, 0.29) is 10.8 Å². The number of nitrogens with zero attached hydrogens (tertiary/aromatic N) is 2. The summed E-state index contributed by atoms with van der Waals surface area (Å²) in [6.45, 7) is 3.57. The summed E-state index contributed by atoms with van der Waals surface area (Å²) in [4.78, 5) is 0.198. The first-order valence-electron chi connectivity index (χ1n) is 8.13. The van der Waals surface area contributed by atoms with Gasteiger partial charge in [0.15, 0.2) is 0 Å². The molecule has 0 spiro atoms. The van der Waals surface area contributed by atoms with Crippen molar-refractivity contribution in [2.24, 2.45) is 0 Å². The van der Waals surface area contributed by atoms with E-state index < -0.39 is 16.1 Å². The second-order valence-electron chi connectivity index (χ2n) is 5.98. The van der Waals surface area contributed by atoms with Gasteiger partial charge in [0.1, 0.15) is 0 Å². The quantitative estimate of drug-likeness (QED) is 0.515. The molecule has 1 aromatic heterocycles. The van der Waals surface area contributed by atoms with E-state index in [0.29, 0.717) is 11.0 Å². The van der Waals surface area contributed by atoms with Crippen LogP contribution < -0.4 is 4.72 Å². The minimum absolute atomic E-state index is 0.198. The zero-order chi connectivity index (χ0) is 19.4. The molecule has 1 heterocycles. The van der Waals surface area contributed by atoms with Gasteiger partial charge in [0.2, 0.25) is 15.9 Å². The molecule has 0 radical (unpaired) electrons. The van der Waals surface area contributed by atoms with Crippen LogP contribution in [0.15, 0.2) is 67.5 Å². The fourth-order valence-electron chi connectivity index (χ4n) is 2.25. The molecule has 0 amide bonds. The Labute approximate surface area is 171 Å². The third-order valence-electron chi connectivity index (χ3n) is 3.73. The van der Waals surface area contributed by atoms with Crippen LogP contribution in [-0.4, -0.2) is 18.6 Å². The molecule has 3 aromatic rings. The summed E-state index contributed by atoms with van der Waals surface area (Å²) in [6, 6.07) is 14.0. The molecule has 0 aliphatic carbocycles. The second-order valence-corrected chi connectivity index (χ2v) is 9.53. The first-order chi connectivity index (χ1) is 12.8. The summed E-state index contributed by atoms with van der Waals surface area (Å²) >= 11 is 4.80. The summed E-state index contributed by atoms with van der Waals surface area (Å²) in [5.74, 6) is 0.905. The predicted molar refractivity (Wildman–Crippen MR) is 108 cm³/mol. The average Bonchev–Trinajstić information content (AvgIpc) is 3.10. The summed E-state index contributed by atoms with van der Waals surface area (Å²) in [5, 5.41) is 8.35. The SMILES string of the molecule is Cc1ccc(S(=O)(=O)NC(C)c2nnc(SCc3ccc(Br)cc3)o2)cc1. The minimum Gasteiger partial charge on any atom is -0.414 e. The normalized spacial score (nSPS) is 12.9. The predicted octanol–water partition coefficient (Wildman–Crippen LogP) is 4.47. The molecule has 142 valence electrons. The van der Waals surface area contributed by atoms with E-state index in [2.05, 4.69) is 30.8 Å². The van der Waals surface area contributed by atoms with E-state index >= 15 is 0 Å². The van der Waals surface area contributed by atoms with Crippen LogP contribution in [0, 0.1) is 6.92 Å². The molecule has 6 nitrogen and oxygen atoms in total. The van der Waals surface area contributed by atoms with E-state index in [4.69, 9.17) is 4.42 Å². The molecule has 1 unspecified atom stereocenters. The maximum absolute atomic E-state index is 12.5. The van der Waals surface area contributed by atoms with Crippen molar-refractivity contribution in [3.63, 3.8) is 0 Å². The number of nitrogens with one attached hydrogen (secondary N) is 1. The highest BCUT2D eigenvalue weighted by molar-refractivity contribution is 9.10. The molecule has 0 fully saturated rings. The van der Waals surface area contributed by atoms with Crippen molar-refractivity contribution in [1.82, 2.24) is 14.9 Å². The highest BCUT2D eigenvalue weighted by Gasteiger charge is 2.22. The molecule has 0 aliphatic rings. The van der Waals surface area contributed by atoms with Gasteiger partial charge >= 0.3 is 0 Å². The molecule has 9 heteroatoms. The van der Waals surface area contributed by atoms with Crippen molar-refractivity contribution in [1.29, 1.82) is 0 Å². The molecule has 0 saturated carbocycles. The van der Waals surface area contributed by atoms with Gasteiger partial charge in [0.25, 0.3) is 5.22 Å². The zero-order valence-electron chi connectivity index (χ0n) is 14.7. The van der Waals surface area contributed by atoms with Crippen molar-refractivity contribution in [3.8, 4) is 0 Å². The molecule has 27 heavy (non-hydrogen) atoms. The maximum atomic E-state index is 12.5. The number of hydrogen-bond acceptors (Lipinski definition) is 6. The molecule has 0 saturated heterocycles. The Balaban J connectivity index is 1.63. The largest absolute Gasteiger partial charge is 0.414 e. The van der Waals surface area contributed by atoms with Gasteiger partial charge in [-0.2, -0.15) is 4.72 Å². The first kappa shape index (κ1) is 20.1. The third kappa shape index (κ3) is 5.41. The molecule has 1 atom stereocenters. The van der Waals surface area contributed by atoms with Gasteiger partial charge in [-0.3, -0.25) is 0 Å². The second kappa shape index (κ2) is 8.55. The van der Waals surface area contributed by atoms with Crippen LogP contribution >= 0.6 is 27.7 Å². The van der Waals surface area contributed by atoms with Gasteiger partial charge in [0, 0.05) is 10.2 Å². The van der Waals surface area contributed by atoms with Crippen molar-refractivity contribution in [2.75, 3.05) is 0 Å². The number of aromatic nitrogens is 2. The van der Waals surface area contributed by atoms with Crippen LogP contribution in [0.1, 0.15) is 30.0 Å². The first-order valence-corrected chi connectivity index (χ1v) is 11.4. The molecular formula is C18H18BrN3O3S2. The van der Waals surface area contributed by atoms with Crippen LogP contribution in [0.5, 0.6) is 0 Å². The fraction of sp³-hybridized carbons (Fsp3) is 0.222. The Hall–Kier alpha value is -1.68. The van der Waals surface area contributed by atoms with E-state index in [9.17, 15) is 8.42 Å². The van der Waals surface area contributed by atoms with E-state index in [0.717, 1.165) is 15.6 Å². The van der Waals surface area contributed by atoms with Gasteiger partial charge in [-0.1, -0.05) is 57.5 Å². The fourth-order valence-corrected chi connectivity index (χ4v) is 4.43. The highest BCUT2D eigenvalue weighted by atomic mass is 79.9. The van der Waals surface area contributed by atoms with Crippen LogP contribution in [0.3, 0.4) is 0 Å². The standard InChI is InChI=1S/C18H18BrN3O3S2/c1-12-3-9-16(10-4-12)27(23,24)22-13(2)17-20-21-18(25-17)26-11-14-5-7-15(19)8-6-14/h3-10,13,22H,11H2,1-2H3. The number of thioether (sulfide) groups is 1. The van der Waals surface area contributed by atoms with E-state index in [1.807, 2.05) is 31.2 Å². The molecular weight excluding hydrogens is 450 g/mol. The monoisotopic (exact) mass is 467 g/mol. The Morgan fingerprint density at radius 2 is 1.78 bits per heavy atom. The van der Waals surface area contributed by atoms with Crippen molar-refractivity contribution >= 4 is 37.7 Å². The van der Waals surface area contributed by atoms with Crippen molar-refractivity contribution in [2.45, 2.75) is 35.8 Å². The minimum atomic E-state index is -3.66. The number of rotatable bonds is 7. The number of benzene rings is 2. The Morgan fingerprint density at radius 3 is 2.44 bits per heavy atom. The highest BCUT2D eigenvalue weighted by Crippen LogP contribution is 2.25. The lowest BCUT2D eigenvalue weighted by Crippen LogP contribution is -2.27.